The molecule has 0 aliphatic heterocycles. The highest BCUT2D eigenvalue weighted by Crippen LogP contribution is 2.23. The Morgan fingerprint density at radius 3 is 2.72 bits per heavy atom. The Morgan fingerprint density at radius 1 is 1.24 bits per heavy atom. The Bertz CT molecular complexity index is 998. The minimum atomic E-state index is -0.550. The quantitative estimate of drug-likeness (QED) is 0.701. The fourth-order valence-electron chi connectivity index (χ4n) is 2.20. The molecule has 0 aliphatic carbocycles. The molecule has 3 rings (SSSR count). The second kappa shape index (κ2) is 7.20. The third-order valence-corrected chi connectivity index (χ3v) is 4.39. The molecule has 25 heavy (non-hydrogen) atoms. The van der Waals surface area contributed by atoms with Crippen molar-refractivity contribution >= 4 is 39.1 Å². The summed E-state index contributed by atoms with van der Waals surface area (Å²) in [5.74, 6) is -0.391. The first-order valence-corrected chi connectivity index (χ1v) is 8.46. The van der Waals surface area contributed by atoms with E-state index in [0.29, 0.717) is 16.4 Å². The molecule has 9 heteroatoms. The fraction of sp³-hybridized carbons (Fsp3) is 0.125. The van der Waals surface area contributed by atoms with Crippen molar-refractivity contribution in [2.45, 2.75) is 13.5 Å². The predicted octanol–water partition coefficient (Wildman–Crippen LogP) is 2.79. The van der Waals surface area contributed by atoms with Gasteiger partial charge < -0.3 is 5.32 Å². The summed E-state index contributed by atoms with van der Waals surface area (Å²) >= 11 is 9.45. The van der Waals surface area contributed by atoms with Crippen molar-refractivity contribution in [2.75, 3.05) is 5.32 Å². The lowest BCUT2D eigenvalue weighted by atomic mass is 10.2. The van der Waals surface area contributed by atoms with Crippen LogP contribution in [-0.2, 0) is 11.3 Å². The van der Waals surface area contributed by atoms with Crippen molar-refractivity contribution in [3.05, 3.63) is 68.0 Å². The molecular weight excluding hydrogens is 410 g/mol. The van der Waals surface area contributed by atoms with E-state index in [1.54, 1.807) is 30.3 Å². The van der Waals surface area contributed by atoms with Crippen LogP contribution in [0.5, 0.6) is 0 Å². The molecule has 1 heterocycles. The first-order chi connectivity index (χ1) is 12.0. The van der Waals surface area contributed by atoms with Crippen LogP contribution in [0.4, 0.5) is 5.69 Å². The van der Waals surface area contributed by atoms with E-state index >= 15 is 0 Å². The number of halogens is 2. The number of amides is 1. The van der Waals surface area contributed by atoms with E-state index in [1.807, 2.05) is 19.1 Å². The van der Waals surface area contributed by atoms with Crippen LogP contribution in [-0.4, -0.2) is 25.7 Å². The van der Waals surface area contributed by atoms with E-state index in [4.69, 9.17) is 11.6 Å². The molecule has 0 aliphatic rings. The summed E-state index contributed by atoms with van der Waals surface area (Å²) in [5, 5.41) is 10.6. The zero-order valence-electron chi connectivity index (χ0n) is 13.1. The topological polar surface area (TPSA) is 81.8 Å². The molecule has 0 fully saturated rings. The molecular formula is C16H13BrClN5O2. The van der Waals surface area contributed by atoms with E-state index in [-0.39, 0.29) is 6.54 Å². The lowest BCUT2D eigenvalue weighted by molar-refractivity contribution is -0.117. The number of benzene rings is 2. The maximum atomic E-state index is 12.4. The zero-order chi connectivity index (χ0) is 18.0. The summed E-state index contributed by atoms with van der Waals surface area (Å²) in [6.45, 7) is 1.69. The van der Waals surface area contributed by atoms with Crippen LogP contribution in [0.25, 0.3) is 5.69 Å². The molecule has 0 radical (unpaired) electrons. The number of nitrogens with one attached hydrogen (secondary N) is 1. The van der Waals surface area contributed by atoms with E-state index in [9.17, 15) is 9.59 Å². The van der Waals surface area contributed by atoms with Gasteiger partial charge in [0, 0.05) is 4.47 Å². The van der Waals surface area contributed by atoms with Gasteiger partial charge >= 0.3 is 5.69 Å². The van der Waals surface area contributed by atoms with Gasteiger partial charge in [0.1, 0.15) is 6.54 Å². The van der Waals surface area contributed by atoms with E-state index in [1.165, 1.54) is 0 Å². The molecule has 0 atom stereocenters. The third kappa shape index (κ3) is 3.80. The highest BCUT2D eigenvalue weighted by Gasteiger charge is 2.14. The normalized spacial score (nSPS) is 10.7. The minimum absolute atomic E-state index is 0.260. The standard InChI is InChI=1S/C16H13BrClN5O2/c1-10-6-7-13(11(17)8-10)19-15(24)9-22-16(25)23(21-20-22)14-5-3-2-4-12(14)18/h2-8H,9H2,1H3,(H,19,24). The molecule has 0 bridgehead atoms. The Morgan fingerprint density at radius 2 is 2.00 bits per heavy atom. The number of carbonyl (C=O) groups is 1. The lowest BCUT2D eigenvalue weighted by Crippen LogP contribution is -2.29. The van der Waals surface area contributed by atoms with Crippen LogP contribution >= 0.6 is 27.5 Å². The first kappa shape index (κ1) is 17.4. The third-order valence-electron chi connectivity index (χ3n) is 3.41. The summed E-state index contributed by atoms with van der Waals surface area (Å²) in [7, 11) is 0. The van der Waals surface area contributed by atoms with Crippen molar-refractivity contribution in [3.63, 3.8) is 0 Å². The Hall–Kier alpha value is -2.45. The summed E-state index contributed by atoms with van der Waals surface area (Å²) in [6, 6.07) is 12.3. The average molecular weight is 423 g/mol. The molecule has 0 spiro atoms. The lowest BCUT2D eigenvalue weighted by Gasteiger charge is -2.07. The molecule has 1 N–H and O–H groups in total. The highest BCUT2D eigenvalue weighted by molar-refractivity contribution is 9.10. The average Bonchev–Trinajstić information content (AvgIpc) is 2.91. The molecule has 128 valence electrons. The van der Waals surface area contributed by atoms with Gasteiger partial charge in [-0.25, -0.2) is 4.79 Å². The first-order valence-electron chi connectivity index (χ1n) is 7.29. The van der Waals surface area contributed by atoms with Gasteiger partial charge in [-0.1, -0.05) is 29.8 Å². The molecule has 7 nitrogen and oxygen atoms in total. The summed E-state index contributed by atoms with van der Waals surface area (Å²) < 4.78 is 2.78. The number of hydrogen-bond donors (Lipinski definition) is 1. The zero-order valence-corrected chi connectivity index (χ0v) is 15.5. The molecule has 0 unspecified atom stereocenters. The van der Waals surface area contributed by atoms with Crippen molar-refractivity contribution < 1.29 is 4.79 Å². The number of aryl methyl sites for hydroxylation is 1. The molecule has 0 saturated heterocycles. The molecule has 1 aromatic heterocycles. The number of anilines is 1. The number of hydrogen-bond acceptors (Lipinski definition) is 4. The second-order valence-corrected chi connectivity index (χ2v) is 6.58. The van der Waals surface area contributed by atoms with Crippen LogP contribution in [0.15, 0.2) is 51.7 Å². The summed E-state index contributed by atoms with van der Waals surface area (Å²) in [6.07, 6.45) is 0. The number of aromatic nitrogens is 4. The predicted molar refractivity (Wildman–Crippen MR) is 98.1 cm³/mol. The van der Waals surface area contributed by atoms with Crippen molar-refractivity contribution in [3.8, 4) is 5.69 Å². The minimum Gasteiger partial charge on any atom is -0.323 e. The fourth-order valence-corrected chi connectivity index (χ4v) is 3.00. The largest absolute Gasteiger partial charge is 0.369 e. The van der Waals surface area contributed by atoms with E-state index in [0.717, 1.165) is 19.4 Å². The van der Waals surface area contributed by atoms with Crippen molar-refractivity contribution in [2.24, 2.45) is 0 Å². The van der Waals surface area contributed by atoms with Crippen LogP contribution in [0, 0.1) is 6.92 Å². The second-order valence-electron chi connectivity index (χ2n) is 5.31. The van der Waals surface area contributed by atoms with Crippen molar-refractivity contribution in [1.29, 1.82) is 0 Å². The SMILES string of the molecule is Cc1ccc(NC(=O)Cn2nnn(-c3ccccc3Cl)c2=O)c(Br)c1. The van der Waals surface area contributed by atoms with Gasteiger partial charge in [-0.05, 0) is 63.1 Å². The van der Waals surface area contributed by atoms with Gasteiger partial charge in [0.15, 0.2) is 0 Å². The Balaban J connectivity index is 1.79. The summed E-state index contributed by atoms with van der Waals surface area (Å²) in [5.41, 5.74) is 1.53. The van der Waals surface area contributed by atoms with Gasteiger partial charge in [-0.2, -0.15) is 9.36 Å². The monoisotopic (exact) mass is 421 g/mol. The van der Waals surface area contributed by atoms with Crippen LogP contribution < -0.4 is 11.0 Å². The number of rotatable bonds is 4. The van der Waals surface area contributed by atoms with Gasteiger partial charge in [-0.3, -0.25) is 4.79 Å². The van der Waals surface area contributed by atoms with Gasteiger partial charge in [0.05, 0.1) is 16.4 Å². The highest BCUT2D eigenvalue weighted by atomic mass is 79.9. The Kier molecular flexibility index (Phi) is 5.00. The van der Waals surface area contributed by atoms with Crippen LogP contribution in [0.2, 0.25) is 5.02 Å². The Labute approximate surface area is 156 Å². The smallest absolute Gasteiger partial charge is 0.323 e. The molecule has 3 aromatic rings. The molecule has 1 amide bonds. The number of nitrogens with zero attached hydrogens (tertiary/aromatic N) is 4. The number of para-hydroxylation sites is 1. The molecule has 2 aromatic carbocycles. The van der Waals surface area contributed by atoms with E-state index < -0.39 is 11.6 Å². The van der Waals surface area contributed by atoms with Crippen LogP contribution in [0.3, 0.4) is 0 Å². The maximum Gasteiger partial charge on any atom is 0.369 e. The maximum absolute atomic E-state index is 12.4. The van der Waals surface area contributed by atoms with Gasteiger partial charge in [0.25, 0.3) is 0 Å². The number of tetrazole rings is 1. The number of carbonyl (C=O) groups excluding carboxylic acids is 1. The molecule has 0 saturated carbocycles. The van der Waals surface area contributed by atoms with E-state index in [2.05, 4.69) is 31.7 Å². The van der Waals surface area contributed by atoms with Crippen LogP contribution in [0.1, 0.15) is 5.56 Å². The summed E-state index contributed by atoms with van der Waals surface area (Å²) in [4.78, 5) is 24.6. The van der Waals surface area contributed by atoms with Gasteiger partial charge in [0.2, 0.25) is 5.91 Å². The van der Waals surface area contributed by atoms with Crippen molar-refractivity contribution in [1.82, 2.24) is 19.8 Å². The van der Waals surface area contributed by atoms with Gasteiger partial charge in [-0.15, -0.1) is 0 Å².